The van der Waals surface area contributed by atoms with E-state index in [0.29, 0.717) is 57.9 Å². The van der Waals surface area contributed by atoms with Crippen molar-refractivity contribution in [1.29, 1.82) is 0 Å². The summed E-state index contributed by atoms with van der Waals surface area (Å²) in [7, 11) is -1.96. The minimum absolute atomic E-state index is 0.00998. The maximum Gasteiger partial charge on any atom is 0.514 e. The number of carbonyl (C=O) groups excluding carboxylic acids is 5. The van der Waals surface area contributed by atoms with Crippen molar-refractivity contribution in [2.24, 2.45) is 0 Å². The van der Waals surface area contributed by atoms with Crippen molar-refractivity contribution in [3.63, 3.8) is 0 Å². The van der Waals surface area contributed by atoms with Crippen LogP contribution in [0.2, 0.25) is 25.7 Å². The maximum absolute atomic E-state index is 13.5. The second kappa shape index (κ2) is 22.7. The molecule has 0 unspecified atom stereocenters. The van der Waals surface area contributed by atoms with Gasteiger partial charge in [-0.25, -0.2) is 38.3 Å². The lowest BCUT2D eigenvalue weighted by Gasteiger charge is -2.32. The molecule has 1 aliphatic heterocycles. The van der Waals surface area contributed by atoms with Crippen molar-refractivity contribution in [2.75, 3.05) is 19.8 Å². The summed E-state index contributed by atoms with van der Waals surface area (Å²) in [6.07, 6.45) is 2.85. The van der Waals surface area contributed by atoms with E-state index < -0.39 is 61.7 Å². The van der Waals surface area contributed by atoms with E-state index in [1.807, 2.05) is 46.8 Å². The monoisotopic (exact) mass is 1050 g/mol. The number of ketones is 1. The average Bonchev–Trinajstić information content (AvgIpc) is 4.04. The summed E-state index contributed by atoms with van der Waals surface area (Å²) >= 11 is 0. The minimum atomic E-state index is -1.31. The Kier molecular flexibility index (Phi) is 17.5. The zero-order valence-corrected chi connectivity index (χ0v) is 47.3. The SMILES string of the molecule is CCOC(=O)c1cc2nc(-c3nc(C(=O)CCc4ccncc4)n(COCC[Si](C)(C)C)c3C)ccc2n1C(=O)OC(C)(C)C.CCOC(=O)c1cc2nc(B3OC(C)(C)C(C)(C)O3)ccc2n1C(=O)OC(C)(C)C. The summed E-state index contributed by atoms with van der Waals surface area (Å²) in [5, 5.41) is 0. The smallest absolute Gasteiger partial charge is 0.461 e. The van der Waals surface area contributed by atoms with Crippen LogP contribution in [0.4, 0.5) is 9.59 Å². The third kappa shape index (κ3) is 14.0. The molecular formula is C54H72BN7O12Si. The molecule has 402 valence electrons. The number of imidazole rings is 1. The van der Waals surface area contributed by atoms with Crippen LogP contribution in [0.15, 0.2) is 60.9 Å². The molecule has 0 saturated carbocycles. The quantitative estimate of drug-likeness (QED) is 0.0307. The molecule has 75 heavy (non-hydrogen) atoms. The van der Waals surface area contributed by atoms with Crippen LogP contribution in [0.1, 0.15) is 132 Å². The molecule has 19 nitrogen and oxygen atoms in total. The lowest BCUT2D eigenvalue weighted by Crippen LogP contribution is -2.41. The zero-order chi connectivity index (χ0) is 55.4. The Balaban J connectivity index is 0.000000264. The molecule has 0 atom stereocenters. The first-order valence-corrected chi connectivity index (χ1v) is 28.9. The molecule has 0 aliphatic carbocycles. The Bertz CT molecular complexity index is 3050. The topological polar surface area (TPSA) is 216 Å². The lowest BCUT2D eigenvalue weighted by atomic mass is 9.84. The molecule has 7 heterocycles. The van der Waals surface area contributed by atoms with Gasteiger partial charge >= 0.3 is 31.2 Å². The van der Waals surface area contributed by atoms with E-state index in [1.165, 1.54) is 21.3 Å². The Hall–Kier alpha value is -6.55. The predicted octanol–water partition coefficient (Wildman–Crippen LogP) is 9.99. The highest BCUT2D eigenvalue weighted by molar-refractivity contribution is 6.76. The van der Waals surface area contributed by atoms with E-state index in [4.69, 9.17) is 43.0 Å². The van der Waals surface area contributed by atoms with Crippen LogP contribution in [0.5, 0.6) is 0 Å². The van der Waals surface area contributed by atoms with Crippen LogP contribution in [0, 0.1) is 6.92 Å². The minimum Gasteiger partial charge on any atom is -0.461 e. The second-order valence-electron chi connectivity index (χ2n) is 22.4. The van der Waals surface area contributed by atoms with Crippen LogP contribution in [0.3, 0.4) is 0 Å². The van der Waals surface area contributed by atoms with Gasteiger partial charge in [0, 0.05) is 39.2 Å². The molecule has 0 spiro atoms. The largest absolute Gasteiger partial charge is 0.514 e. The molecule has 1 aliphatic rings. The number of carbonyl (C=O) groups is 5. The van der Waals surface area contributed by atoms with Gasteiger partial charge in [0.1, 0.15) is 35.0 Å². The van der Waals surface area contributed by atoms with Crippen LogP contribution < -0.4 is 5.59 Å². The van der Waals surface area contributed by atoms with E-state index in [2.05, 4.69) is 29.6 Å². The van der Waals surface area contributed by atoms with Crippen LogP contribution >= 0.6 is 0 Å². The van der Waals surface area contributed by atoms with Crippen LogP contribution in [0.25, 0.3) is 33.5 Å². The number of nitrogens with zero attached hydrogens (tertiary/aromatic N) is 7. The van der Waals surface area contributed by atoms with Crippen LogP contribution in [-0.2, 0) is 46.1 Å². The summed E-state index contributed by atoms with van der Waals surface area (Å²) in [4.78, 5) is 83.1. The second-order valence-corrected chi connectivity index (χ2v) is 28.0. The van der Waals surface area contributed by atoms with Gasteiger partial charge in [-0.05, 0) is 157 Å². The third-order valence-corrected chi connectivity index (χ3v) is 14.0. The highest BCUT2D eigenvalue weighted by Crippen LogP contribution is 2.37. The molecule has 0 radical (unpaired) electrons. The average molecular weight is 1050 g/mol. The molecule has 6 aromatic heterocycles. The number of esters is 2. The highest BCUT2D eigenvalue weighted by atomic mass is 28.3. The van der Waals surface area contributed by atoms with Gasteiger partial charge in [-0.1, -0.05) is 19.6 Å². The van der Waals surface area contributed by atoms with Gasteiger partial charge < -0.3 is 37.6 Å². The fourth-order valence-corrected chi connectivity index (χ4v) is 8.49. The molecule has 0 aromatic carbocycles. The summed E-state index contributed by atoms with van der Waals surface area (Å²) in [5.41, 5.74) is 2.48. The number of aromatic nitrogens is 7. The Labute approximate surface area is 440 Å². The summed E-state index contributed by atoms with van der Waals surface area (Å²) in [6, 6.07) is 14.6. The van der Waals surface area contributed by atoms with Crippen molar-refractivity contribution in [3.8, 4) is 11.4 Å². The molecule has 1 saturated heterocycles. The molecule has 7 rings (SSSR count). The third-order valence-electron chi connectivity index (χ3n) is 12.3. The fraction of sp³-hybridized carbons (Fsp3) is 0.500. The summed E-state index contributed by atoms with van der Waals surface area (Å²) in [5.74, 6) is -1.11. The number of ether oxygens (including phenoxy) is 5. The molecule has 1 fully saturated rings. The van der Waals surface area contributed by atoms with E-state index in [9.17, 15) is 24.0 Å². The van der Waals surface area contributed by atoms with E-state index in [1.54, 1.807) is 96.6 Å². The van der Waals surface area contributed by atoms with Gasteiger partial charge in [-0.2, -0.15) is 0 Å². The fourth-order valence-electron chi connectivity index (χ4n) is 7.74. The van der Waals surface area contributed by atoms with Gasteiger partial charge in [0.25, 0.3) is 0 Å². The van der Waals surface area contributed by atoms with Gasteiger partial charge in [0.05, 0.1) is 57.8 Å². The molecule has 0 bridgehead atoms. The predicted molar refractivity (Wildman–Crippen MR) is 287 cm³/mol. The van der Waals surface area contributed by atoms with Crippen molar-refractivity contribution in [3.05, 3.63) is 89.4 Å². The number of fused-ring (bicyclic) bond motifs is 2. The van der Waals surface area contributed by atoms with Crippen molar-refractivity contribution >= 4 is 72.8 Å². The summed E-state index contributed by atoms with van der Waals surface area (Å²) < 4.78 is 43.8. The molecule has 6 aromatic rings. The van der Waals surface area contributed by atoms with Gasteiger partial charge in [0.2, 0.25) is 0 Å². The van der Waals surface area contributed by atoms with Crippen LogP contribution in [-0.4, -0.2) is 121 Å². The maximum atomic E-state index is 13.5. The first-order valence-electron chi connectivity index (χ1n) is 25.2. The molecule has 0 amide bonds. The highest BCUT2D eigenvalue weighted by Gasteiger charge is 2.52. The van der Waals surface area contributed by atoms with E-state index in [-0.39, 0.29) is 43.5 Å². The van der Waals surface area contributed by atoms with Crippen molar-refractivity contribution in [1.82, 2.24) is 33.6 Å². The Morgan fingerprint density at radius 3 is 1.71 bits per heavy atom. The van der Waals surface area contributed by atoms with Gasteiger partial charge in [0.15, 0.2) is 11.6 Å². The van der Waals surface area contributed by atoms with Crippen molar-refractivity contribution < 1.29 is 57.0 Å². The first-order chi connectivity index (χ1) is 34.9. The first kappa shape index (κ1) is 57.7. The van der Waals surface area contributed by atoms with E-state index in [0.717, 1.165) is 17.3 Å². The Morgan fingerprint density at radius 2 is 1.21 bits per heavy atom. The normalized spacial score (nSPS) is 14.4. The van der Waals surface area contributed by atoms with Crippen molar-refractivity contribution in [2.45, 2.75) is 158 Å². The number of aryl methyl sites for hydroxylation is 1. The molecular weight excluding hydrogens is 978 g/mol. The number of Topliss-reactive ketones (excluding diaryl/α,β-unsaturated/α-hetero) is 1. The number of hydrogen-bond donors (Lipinski definition) is 0. The Morgan fingerprint density at radius 1 is 0.707 bits per heavy atom. The summed E-state index contributed by atoms with van der Waals surface area (Å²) in [6.45, 7) is 31.6. The zero-order valence-electron chi connectivity index (χ0n) is 46.3. The molecule has 21 heteroatoms. The molecule has 0 N–H and O–H groups in total. The van der Waals surface area contributed by atoms with Gasteiger partial charge in [-0.15, -0.1) is 0 Å². The number of rotatable bonds is 15. The van der Waals surface area contributed by atoms with Gasteiger partial charge in [-0.3, -0.25) is 14.8 Å². The number of pyridine rings is 3. The lowest BCUT2D eigenvalue weighted by molar-refractivity contribution is 0.00578. The number of hydrogen-bond acceptors (Lipinski definition) is 16. The van der Waals surface area contributed by atoms with E-state index >= 15 is 0 Å². The standard InChI is InChI=1S/C33H43N5O6Si.C21H29BN2O6/c1-9-43-31(40)27-20-25-26(38(27)32(41)44-33(3,4)5)12-11-24(35-25)29-22(2)37(21-42-18-19-45(6,7)8)30(36-29)28(39)13-10-23-14-16-34-17-15-23;1-9-27-17(25)15-12-13-14(24(15)18(26)28-19(2,3)4)10-11-16(23-13)22-29-20(5,6)21(7,8)30-22/h11-12,14-17,20H,9-10,13,18-19,21H2,1-8H3;10-12H,9H2,1-8H3.